The summed E-state index contributed by atoms with van der Waals surface area (Å²) in [5.74, 6) is 1.20. The van der Waals surface area contributed by atoms with Crippen LogP contribution < -0.4 is 16.0 Å². The summed E-state index contributed by atoms with van der Waals surface area (Å²) in [4.78, 5) is 16.8. The molecule has 0 aliphatic heterocycles. The molecule has 0 saturated heterocycles. The third kappa shape index (κ3) is 5.08. The number of carbonyl (C=O) groups excluding carboxylic acids is 1. The van der Waals surface area contributed by atoms with Crippen molar-refractivity contribution in [3.8, 4) is 0 Å². The van der Waals surface area contributed by atoms with E-state index in [1.165, 1.54) is 6.42 Å². The number of amides is 1. The Labute approximate surface area is 150 Å². The van der Waals surface area contributed by atoms with Gasteiger partial charge in [-0.25, -0.2) is 4.99 Å². The molecule has 1 amide bonds. The van der Waals surface area contributed by atoms with E-state index in [0.29, 0.717) is 12.6 Å². The van der Waals surface area contributed by atoms with Crippen LogP contribution in [0.15, 0.2) is 41.4 Å². The standard InChI is InChI=1S/C20H28N4O/c1-2-21-20(24-17-10-3-4-11-17)22-14-15-7-5-12-18(13-15)23-19(25)16-8-6-9-16/h3-5,7,12-13,16-17H,2,6,8-11,14H2,1H3,(H,23,25)(H2,21,22,24). The molecule has 1 aromatic carbocycles. The molecule has 2 aliphatic carbocycles. The minimum absolute atomic E-state index is 0.149. The molecule has 0 heterocycles. The second-order valence-electron chi connectivity index (χ2n) is 6.80. The van der Waals surface area contributed by atoms with Crippen molar-refractivity contribution in [1.29, 1.82) is 0 Å². The van der Waals surface area contributed by atoms with E-state index < -0.39 is 0 Å². The van der Waals surface area contributed by atoms with Gasteiger partial charge in [0.2, 0.25) is 5.91 Å². The van der Waals surface area contributed by atoms with Crippen LogP contribution in [-0.4, -0.2) is 24.5 Å². The molecule has 25 heavy (non-hydrogen) atoms. The quantitative estimate of drug-likeness (QED) is 0.423. The van der Waals surface area contributed by atoms with Gasteiger partial charge < -0.3 is 16.0 Å². The lowest BCUT2D eigenvalue weighted by Gasteiger charge is -2.24. The zero-order valence-electron chi connectivity index (χ0n) is 14.9. The Balaban J connectivity index is 1.58. The second kappa shape index (κ2) is 8.70. The Morgan fingerprint density at radius 2 is 2.04 bits per heavy atom. The number of aliphatic imine (C=N–C) groups is 1. The molecule has 3 N–H and O–H groups in total. The number of hydrogen-bond acceptors (Lipinski definition) is 2. The van der Waals surface area contributed by atoms with Gasteiger partial charge in [0.05, 0.1) is 6.54 Å². The highest BCUT2D eigenvalue weighted by atomic mass is 16.1. The van der Waals surface area contributed by atoms with E-state index in [2.05, 4.69) is 40.0 Å². The Morgan fingerprint density at radius 1 is 1.24 bits per heavy atom. The van der Waals surface area contributed by atoms with Crippen LogP contribution in [-0.2, 0) is 11.3 Å². The van der Waals surface area contributed by atoms with Gasteiger partial charge in [-0.3, -0.25) is 4.79 Å². The monoisotopic (exact) mass is 340 g/mol. The van der Waals surface area contributed by atoms with E-state index in [4.69, 9.17) is 0 Å². The number of guanidine groups is 1. The SMILES string of the molecule is CCNC(=NCc1cccc(NC(=O)C2CCC2)c1)NC1CC=CC1. The lowest BCUT2D eigenvalue weighted by molar-refractivity contribution is -0.122. The van der Waals surface area contributed by atoms with Crippen molar-refractivity contribution in [2.75, 3.05) is 11.9 Å². The fourth-order valence-electron chi connectivity index (χ4n) is 3.08. The Kier molecular flexibility index (Phi) is 6.09. The summed E-state index contributed by atoms with van der Waals surface area (Å²) in [5, 5.41) is 9.80. The van der Waals surface area contributed by atoms with Crippen LogP contribution in [0.2, 0.25) is 0 Å². The molecule has 2 aliphatic rings. The van der Waals surface area contributed by atoms with Gasteiger partial charge in [0.25, 0.3) is 0 Å². The maximum atomic E-state index is 12.1. The highest BCUT2D eigenvalue weighted by Crippen LogP contribution is 2.27. The zero-order valence-corrected chi connectivity index (χ0v) is 14.9. The van der Waals surface area contributed by atoms with Gasteiger partial charge in [-0.1, -0.05) is 30.7 Å². The molecule has 3 rings (SSSR count). The average Bonchev–Trinajstić information content (AvgIpc) is 3.04. The second-order valence-corrected chi connectivity index (χ2v) is 6.80. The summed E-state index contributed by atoms with van der Waals surface area (Å²) in [6.07, 6.45) is 9.71. The topological polar surface area (TPSA) is 65.5 Å². The van der Waals surface area contributed by atoms with Crippen molar-refractivity contribution >= 4 is 17.6 Å². The summed E-state index contributed by atoms with van der Waals surface area (Å²) in [7, 11) is 0. The highest BCUT2D eigenvalue weighted by molar-refractivity contribution is 5.93. The van der Waals surface area contributed by atoms with Crippen LogP contribution in [0.25, 0.3) is 0 Å². The van der Waals surface area contributed by atoms with Gasteiger partial charge in [0, 0.05) is 24.2 Å². The van der Waals surface area contributed by atoms with Crippen molar-refractivity contribution in [1.82, 2.24) is 10.6 Å². The van der Waals surface area contributed by atoms with Gasteiger partial charge in [-0.15, -0.1) is 0 Å². The van der Waals surface area contributed by atoms with Gasteiger partial charge in [0.15, 0.2) is 5.96 Å². The van der Waals surface area contributed by atoms with Gasteiger partial charge in [-0.05, 0) is 50.3 Å². The van der Waals surface area contributed by atoms with E-state index in [0.717, 1.165) is 49.4 Å². The fourth-order valence-corrected chi connectivity index (χ4v) is 3.08. The van der Waals surface area contributed by atoms with Crippen molar-refractivity contribution in [3.05, 3.63) is 42.0 Å². The molecule has 0 aromatic heterocycles. The minimum atomic E-state index is 0.149. The van der Waals surface area contributed by atoms with E-state index >= 15 is 0 Å². The Morgan fingerprint density at radius 3 is 2.72 bits per heavy atom. The molecular weight excluding hydrogens is 312 g/mol. The molecule has 1 fully saturated rings. The van der Waals surface area contributed by atoms with Crippen LogP contribution in [0.5, 0.6) is 0 Å². The van der Waals surface area contributed by atoms with E-state index in [1.54, 1.807) is 0 Å². The van der Waals surface area contributed by atoms with E-state index in [-0.39, 0.29) is 11.8 Å². The molecule has 0 unspecified atom stereocenters. The van der Waals surface area contributed by atoms with Gasteiger partial charge >= 0.3 is 0 Å². The van der Waals surface area contributed by atoms with Crippen LogP contribution in [0, 0.1) is 5.92 Å². The maximum absolute atomic E-state index is 12.1. The lowest BCUT2D eigenvalue weighted by atomic mass is 9.85. The molecule has 134 valence electrons. The van der Waals surface area contributed by atoms with Crippen LogP contribution >= 0.6 is 0 Å². The summed E-state index contributed by atoms with van der Waals surface area (Å²) in [6, 6.07) is 8.41. The molecule has 0 atom stereocenters. The predicted molar refractivity (Wildman–Crippen MR) is 103 cm³/mol. The van der Waals surface area contributed by atoms with Crippen molar-refractivity contribution in [2.24, 2.45) is 10.9 Å². The third-order valence-electron chi connectivity index (χ3n) is 4.78. The average molecular weight is 340 g/mol. The van der Waals surface area contributed by atoms with Gasteiger partial charge in [-0.2, -0.15) is 0 Å². The molecule has 0 radical (unpaired) electrons. The number of anilines is 1. The first-order valence-corrected chi connectivity index (χ1v) is 9.34. The van der Waals surface area contributed by atoms with Crippen molar-refractivity contribution in [2.45, 2.75) is 51.6 Å². The van der Waals surface area contributed by atoms with Crippen LogP contribution in [0.1, 0.15) is 44.6 Å². The molecule has 1 aromatic rings. The zero-order chi connectivity index (χ0) is 17.5. The summed E-state index contributed by atoms with van der Waals surface area (Å²) in [5.41, 5.74) is 1.95. The molecule has 1 saturated carbocycles. The Hall–Kier alpha value is -2.30. The number of benzene rings is 1. The van der Waals surface area contributed by atoms with E-state index in [9.17, 15) is 4.79 Å². The smallest absolute Gasteiger partial charge is 0.227 e. The maximum Gasteiger partial charge on any atom is 0.227 e. The first kappa shape index (κ1) is 17.5. The minimum Gasteiger partial charge on any atom is -0.357 e. The summed E-state index contributed by atoms with van der Waals surface area (Å²) < 4.78 is 0. The number of nitrogens with zero attached hydrogens (tertiary/aromatic N) is 1. The highest BCUT2D eigenvalue weighted by Gasteiger charge is 2.25. The normalized spacial score (nSPS) is 18.0. The predicted octanol–water partition coefficient (Wildman–Crippen LogP) is 3.20. The van der Waals surface area contributed by atoms with Crippen LogP contribution in [0.4, 0.5) is 5.69 Å². The number of rotatable bonds is 6. The number of nitrogens with one attached hydrogen (secondary N) is 3. The summed E-state index contributed by atoms with van der Waals surface area (Å²) in [6.45, 7) is 3.49. The first-order valence-electron chi connectivity index (χ1n) is 9.34. The van der Waals surface area contributed by atoms with Crippen LogP contribution in [0.3, 0.4) is 0 Å². The molecule has 5 heteroatoms. The summed E-state index contributed by atoms with van der Waals surface area (Å²) >= 11 is 0. The lowest BCUT2D eigenvalue weighted by Crippen LogP contribution is -2.42. The van der Waals surface area contributed by atoms with Crippen molar-refractivity contribution in [3.63, 3.8) is 0 Å². The van der Waals surface area contributed by atoms with E-state index in [1.807, 2.05) is 24.3 Å². The number of carbonyl (C=O) groups is 1. The Bertz CT molecular complexity index is 641. The van der Waals surface area contributed by atoms with Crippen molar-refractivity contribution < 1.29 is 4.79 Å². The molecule has 0 spiro atoms. The first-order chi connectivity index (χ1) is 12.2. The molecule has 5 nitrogen and oxygen atoms in total. The van der Waals surface area contributed by atoms with Gasteiger partial charge in [0.1, 0.15) is 0 Å². The molecule has 0 bridgehead atoms. The third-order valence-corrected chi connectivity index (χ3v) is 4.78. The largest absolute Gasteiger partial charge is 0.357 e. The fraction of sp³-hybridized carbons (Fsp3) is 0.500. The number of hydrogen-bond donors (Lipinski definition) is 3. The molecular formula is C20H28N4O.